The average Bonchev–Trinajstić information content (AvgIpc) is 2.99. The second-order valence-electron chi connectivity index (χ2n) is 7.60. The number of imidazole rings is 1. The van der Waals surface area contributed by atoms with E-state index in [1.165, 1.54) is 5.56 Å². The number of fused-ring (bicyclic) bond motifs is 1. The number of hydrogen-bond acceptors (Lipinski definition) is 5. The number of anilines is 1. The van der Waals surface area contributed by atoms with Crippen molar-refractivity contribution < 1.29 is 5.11 Å². The first-order chi connectivity index (χ1) is 13.0. The molecule has 4 rings (SSSR count). The van der Waals surface area contributed by atoms with E-state index in [9.17, 15) is 5.11 Å². The van der Waals surface area contributed by atoms with Crippen LogP contribution in [-0.4, -0.2) is 50.7 Å². The Balaban J connectivity index is 1.73. The molecule has 2 aromatic heterocycles. The molecule has 1 saturated heterocycles. The first kappa shape index (κ1) is 17.8. The Kier molecular flexibility index (Phi) is 4.74. The van der Waals surface area contributed by atoms with Crippen molar-refractivity contribution in [1.82, 2.24) is 19.4 Å². The van der Waals surface area contributed by atoms with E-state index in [-0.39, 0.29) is 5.75 Å². The first-order valence-electron chi connectivity index (χ1n) is 9.57. The van der Waals surface area contributed by atoms with E-state index in [1.54, 1.807) is 6.07 Å². The third-order valence-corrected chi connectivity index (χ3v) is 5.42. The number of aryl methyl sites for hydroxylation is 2. The summed E-state index contributed by atoms with van der Waals surface area (Å²) in [5, 5.41) is 14.0. The maximum Gasteiger partial charge on any atom is 0.204 e. The van der Waals surface area contributed by atoms with E-state index in [2.05, 4.69) is 39.8 Å². The van der Waals surface area contributed by atoms with Gasteiger partial charge in [0.15, 0.2) is 0 Å². The number of nitrogens with zero attached hydrogens (tertiary/aromatic N) is 4. The van der Waals surface area contributed by atoms with Gasteiger partial charge in [0.25, 0.3) is 0 Å². The first-order valence-corrected chi connectivity index (χ1v) is 9.57. The van der Waals surface area contributed by atoms with Crippen LogP contribution in [0.25, 0.3) is 11.0 Å². The molecular formula is C21H27N5O. The monoisotopic (exact) mass is 365 g/mol. The summed E-state index contributed by atoms with van der Waals surface area (Å²) >= 11 is 0. The summed E-state index contributed by atoms with van der Waals surface area (Å²) in [5.41, 5.74) is 4.80. The number of rotatable bonds is 4. The molecule has 0 amide bonds. The van der Waals surface area contributed by atoms with Crippen LogP contribution >= 0.6 is 0 Å². The van der Waals surface area contributed by atoms with Crippen molar-refractivity contribution >= 4 is 17.0 Å². The number of hydrogen-bond donors (Lipinski definition) is 2. The van der Waals surface area contributed by atoms with Gasteiger partial charge in [-0.2, -0.15) is 0 Å². The number of likely N-dealkylation sites (tertiary alicyclic amines) is 1. The summed E-state index contributed by atoms with van der Waals surface area (Å²) in [6, 6.07) is 10.1. The van der Waals surface area contributed by atoms with Gasteiger partial charge in [0.1, 0.15) is 11.4 Å². The lowest BCUT2D eigenvalue weighted by molar-refractivity contribution is 0.263. The molecule has 1 aliphatic heterocycles. The normalized spacial score (nSPS) is 16.1. The van der Waals surface area contributed by atoms with Crippen molar-refractivity contribution in [1.29, 1.82) is 0 Å². The van der Waals surface area contributed by atoms with Gasteiger partial charge in [-0.3, -0.25) is 4.98 Å². The maximum atomic E-state index is 10.3. The Morgan fingerprint density at radius 2 is 1.89 bits per heavy atom. The fraction of sp³-hybridized carbons (Fsp3) is 0.429. The molecule has 0 bridgehead atoms. The lowest BCUT2D eigenvalue weighted by atomic mass is 10.1. The number of aromatic nitrogens is 3. The van der Waals surface area contributed by atoms with Crippen LogP contribution in [0, 0.1) is 13.8 Å². The van der Waals surface area contributed by atoms with Crippen LogP contribution in [-0.2, 0) is 6.54 Å². The highest BCUT2D eigenvalue weighted by atomic mass is 16.3. The lowest BCUT2D eigenvalue weighted by Gasteiger charge is -2.30. The molecule has 3 heterocycles. The topological polar surface area (TPSA) is 66.2 Å². The molecule has 0 radical (unpaired) electrons. The smallest absolute Gasteiger partial charge is 0.204 e. The highest BCUT2D eigenvalue weighted by Crippen LogP contribution is 2.27. The highest BCUT2D eigenvalue weighted by Gasteiger charge is 2.21. The van der Waals surface area contributed by atoms with Crippen LogP contribution in [0.2, 0.25) is 0 Å². The predicted molar refractivity (Wildman–Crippen MR) is 108 cm³/mol. The minimum atomic E-state index is 0.223. The van der Waals surface area contributed by atoms with E-state index in [0.29, 0.717) is 18.3 Å². The second-order valence-corrected chi connectivity index (χ2v) is 7.60. The Bertz CT molecular complexity index is 957. The third kappa shape index (κ3) is 3.62. The molecule has 1 fully saturated rings. The fourth-order valence-electron chi connectivity index (χ4n) is 3.83. The molecule has 0 atom stereocenters. The van der Waals surface area contributed by atoms with Gasteiger partial charge in [-0.15, -0.1) is 0 Å². The fourth-order valence-corrected chi connectivity index (χ4v) is 3.83. The number of piperidine rings is 1. The quantitative estimate of drug-likeness (QED) is 0.743. The number of benzene rings is 1. The SMILES string of the molecule is Cc1ccc(O)c(Cn2c(NC3CCN(C)CC3)nc3cccc(C)c32)n1. The zero-order valence-electron chi connectivity index (χ0n) is 16.2. The molecule has 142 valence electrons. The molecule has 0 unspecified atom stereocenters. The molecule has 2 N–H and O–H groups in total. The van der Waals surface area contributed by atoms with Crippen LogP contribution < -0.4 is 5.32 Å². The van der Waals surface area contributed by atoms with Gasteiger partial charge in [-0.05, 0) is 70.6 Å². The van der Waals surface area contributed by atoms with E-state index in [1.807, 2.05) is 25.1 Å². The number of nitrogens with one attached hydrogen (secondary N) is 1. The molecule has 27 heavy (non-hydrogen) atoms. The summed E-state index contributed by atoms with van der Waals surface area (Å²) in [7, 11) is 2.17. The zero-order valence-corrected chi connectivity index (χ0v) is 16.2. The number of pyridine rings is 1. The summed E-state index contributed by atoms with van der Waals surface area (Å²) in [5.74, 6) is 1.08. The predicted octanol–water partition coefficient (Wildman–Crippen LogP) is 3.31. The van der Waals surface area contributed by atoms with Crippen molar-refractivity contribution in [3.8, 4) is 5.75 Å². The van der Waals surface area contributed by atoms with Gasteiger partial charge in [0, 0.05) is 11.7 Å². The van der Waals surface area contributed by atoms with Crippen LogP contribution in [0.1, 0.15) is 29.8 Å². The van der Waals surface area contributed by atoms with Gasteiger partial charge in [-0.25, -0.2) is 4.98 Å². The van der Waals surface area contributed by atoms with Crippen molar-refractivity contribution in [2.75, 3.05) is 25.5 Å². The molecule has 3 aromatic rings. The van der Waals surface area contributed by atoms with Crippen LogP contribution in [0.5, 0.6) is 5.75 Å². The van der Waals surface area contributed by atoms with Gasteiger partial charge < -0.3 is 19.9 Å². The summed E-state index contributed by atoms with van der Waals surface area (Å²) in [6.45, 7) is 6.72. The number of aromatic hydroxyl groups is 1. The van der Waals surface area contributed by atoms with Gasteiger partial charge in [0.05, 0.1) is 17.6 Å². The van der Waals surface area contributed by atoms with Crippen LogP contribution in [0.4, 0.5) is 5.95 Å². The molecule has 0 aliphatic carbocycles. The Hall–Kier alpha value is -2.60. The lowest BCUT2D eigenvalue weighted by Crippen LogP contribution is -2.37. The third-order valence-electron chi connectivity index (χ3n) is 5.42. The largest absolute Gasteiger partial charge is 0.506 e. The minimum Gasteiger partial charge on any atom is -0.506 e. The Morgan fingerprint density at radius 1 is 1.11 bits per heavy atom. The molecule has 1 aliphatic rings. The minimum absolute atomic E-state index is 0.223. The zero-order chi connectivity index (χ0) is 19.0. The van der Waals surface area contributed by atoms with Crippen molar-refractivity contribution in [3.05, 3.63) is 47.3 Å². The molecule has 6 heteroatoms. The highest BCUT2D eigenvalue weighted by molar-refractivity contribution is 5.82. The molecule has 0 spiro atoms. The summed E-state index contributed by atoms with van der Waals surface area (Å²) in [6.07, 6.45) is 2.21. The molecule has 1 aromatic carbocycles. The van der Waals surface area contributed by atoms with Crippen molar-refractivity contribution in [2.24, 2.45) is 0 Å². The van der Waals surface area contributed by atoms with Crippen LogP contribution in [0.15, 0.2) is 30.3 Å². The van der Waals surface area contributed by atoms with Crippen molar-refractivity contribution in [3.63, 3.8) is 0 Å². The van der Waals surface area contributed by atoms with E-state index in [4.69, 9.17) is 4.98 Å². The maximum absolute atomic E-state index is 10.3. The standard InChI is InChI=1S/C21H27N5O/c1-14-5-4-6-17-20(14)26(13-18-19(27)8-7-15(2)22-18)21(24-17)23-16-9-11-25(3)12-10-16/h4-8,16,27H,9-13H2,1-3H3,(H,23,24). The van der Waals surface area contributed by atoms with Gasteiger partial charge in [-0.1, -0.05) is 12.1 Å². The Labute approximate surface area is 159 Å². The average molecular weight is 365 g/mol. The van der Waals surface area contributed by atoms with E-state index < -0.39 is 0 Å². The van der Waals surface area contributed by atoms with Crippen molar-refractivity contribution in [2.45, 2.75) is 39.3 Å². The van der Waals surface area contributed by atoms with Crippen LogP contribution in [0.3, 0.4) is 0 Å². The molecule has 0 saturated carbocycles. The summed E-state index contributed by atoms with van der Waals surface area (Å²) < 4.78 is 2.16. The number of para-hydroxylation sites is 1. The molecule has 6 nitrogen and oxygen atoms in total. The van der Waals surface area contributed by atoms with E-state index >= 15 is 0 Å². The van der Waals surface area contributed by atoms with Gasteiger partial charge in [0.2, 0.25) is 5.95 Å². The summed E-state index contributed by atoms with van der Waals surface area (Å²) in [4.78, 5) is 11.8. The van der Waals surface area contributed by atoms with Gasteiger partial charge >= 0.3 is 0 Å². The Morgan fingerprint density at radius 3 is 2.67 bits per heavy atom. The second kappa shape index (κ2) is 7.19. The molecular weight excluding hydrogens is 338 g/mol. The van der Waals surface area contributed by atoms with E-state index in [0.717, 1.165) is 48.6 Å².